The number of rotatable bonds is 9. The van der Waals surface area contributed by atoms with Crippen LogP contribution < -0.4 is 10.1 Å². The predicted octanol–water partition coefficient (Wildman–Crippen LogP) is 5.01. The molecule has 162 valence electrons. The molecule has 1 amide bonds. The molecule has 0 saturated carbocycles. The lowest BCUT2D eigenvalue weighted by atomic mass is 10.1. The van der Waals surface area contributed by atoms with Gasteiger partial charge in [0.25, 0.3) is 0 Å². The molecule has 7 heteroatoms. The molecule has 1 N–H and O–H groups in total. The lowest BCUT2D eigenvalue weighted by Crippen LogP contribution is -2.15. The third kappa shape index (κ3) is 6.21. The van der Waals surface area contributed by atoms with E-state index in [4.69, 9.17) is 4.74 Å². The quantitative estimate of drug-likeness (QED) is 0.377. The number of anilines is 1. The highest BCUT2D eigenvalue weighted by molar-refractivity contribution is 7.99. The topological polar surface area (TPSA) is 69.0 Å². The van der Waals surface area contributed by atoms with Crippen molar-refractivity contribution in [2.24, 2.45) is 0 Å². The van der Waals surface area contributed by atoms with Gasteiger partial charge in [-0.05, 0) is 62.6 Å². The summed E-state index contributed by atoms with van der Waals surface area (Å²) in [7, 11) is 0. The molecule has 0 spiro atoms. The Labute approximate surface area is 187 Å². The van der Waals surface area contributed by atoms with E-state index in [-0.39, 0.29) is 11.7 Å². The van der Waals surface area contributed by atoms with Crippen LogP contribution >= 0.6 is 11.8 Å². The maximum absolute atomic E-state index is 12.4. The Hall–Kier alpha value is -3.06. The van der Waals surface area contributed by atoms with E-state index >= 15 is 0 Å². The van der Waals surface area contributed by atoms with Crippen molar-refractivity contribution in [1.82, 2.24) is 14.8 Å². The van der Waals surface area contributed by atoms with Crippen LogP contribution in [-0.4, -0.2) is 26.4 Å². The molecule has 2 aromatic carbocycles. The minimum atomic E-state index is -0.0868. The summed E-state index contributed by atoms with van der Waals surface area (Å²) in [6.07, 6.45) is 1.78. The number of hydrogen-bond acceptors (Lipinski definition) is 5. The molecule has 3 rings (SSSR count). The van der Waals surface area contributed by atoms with E-state index in [1.807, 2.05) is 49.6 Å². The largest absolute Gasteiger partial charge is 0.485 e. The molecule has 1 aromatic heterocycles. The van der Waals surface area contributed by atoms with E-state index in [0.29, 0.717) is 24.1 Å². The SMILES string of the molecule is C=CCn1c(COc2ccc(C)cc2C)nnc1SCC(=O)Nc1cc(C)cc(C)c1. The number of amides is 1. The number of nitrogens with one attached hydrogen (secondary N) is 1. The third-order valence-corrected chi connectivity index (χ3v) is 5.60. The fourth-order valence-electron chi connectivity index (χ4n) is 3.32. The molecule has 0 bridgehead atoms. The van der Waals surface area contributed by atoms with E-state index < -0.39 is 0 Å². The highest BCUT2D eigenvalue weighted by atomic mass is 32.2. The van der Waals surface area contributed by atoms with Crippen molar-refractivity contribution in [3.05, 3.63) is 77.1 Å². The number of aryl methyl sites for hydroxylation is 4. The molecule has 0 saturated heterocycles. The average molecular weight is 437 g/mol. The Bertz CT molecular complexity index is 1070. The first-order chi connectivity index (χ1) is 14.9. The summed E-state index contributed by atoms with van der Waals surface area (Å²) in [5, 5.41) is 12.1. The number of thioether (sulfide) groups is 1. The van der Waals surface area contributed by atoms with Gasteiger partial charge in [0.15, 0.2) is 11.0 Å². The first-order valence-electron chi connectivity index (χ1n) is 10.1. The molecule has 1 heterocycles. The summed E-state index contributed by atoms with van der Waals surface area (Å²) in [4.78, 5) is 12.4. The lowest BCUT2D eigenvalue weighted by molar-refractivity contribution is -0.113. The van der Waals surface area contributed by atoms with Crippen LogP contribution in [0.5, 0.6) is 5.75 Å². The van der Waals surface area contributed by atoms with E-state index in [1.165, 1.54) is 17.3 Å². The molecule has 0 aliphatic carbocycles. The summed E-state index contributed by atoms with van der Waals surface area (Å²) < 4.78 is 7.88. The molecule has 0 aliphatic heterocycles. The van der Waals surface area contributed by atoms with Crippen LogP contribution in [0, 0.1) is 27.7 Å². The number of carbonyl (C=O) groups is 1. The molecule has 31 heavy (non-hydrogen) atoms. The zero-order valence-electron chi connectivity index (χ0n) is 18.4. The van der Waals surface area contributed by atoms with Gasteiger partial charge in [-0.3, -0.25) is 9.36 Å². The van der Waals surface area contributed by atoms with Gasteiger partial charge in [0.1, 0.15) is 12.4 Å². The van der Waals surface area contributed by atoms with Crippen LogP contribution in [-0.2, 0) is 17.9 Å². The zero-order valence-corrected chi connectivity index (χ0v) is 19.3. The van der Waals surface area contributed by atoms with Crippen molar-refractivity contribution in [3.8, 4) is 5.75 Å². The van der Waals surface area contributed by atoms with Crippen molar-refractivity contribution < 1.29 is 9.53 Å². The number of ether oxygens (including phenoxy) is 1. The number of benzene rings is 2. The minimum Gasteiger partial charge on any atom is -0.485 e. The van der Waals surface area contributed by atoms with Gasteiger partial charge in [-0.25, -0.2) is 0 Å². The lowest BCUT2D eigenvalue weighted by Gasteiger charge is -2.11. The van der Waals surface area contributed by atoms with Gasteiger partial charge in [-0.2, -0.15) is 0 Å². The van der Waals surface area contributed by atoms with Gasteiger partial charge in [0.05, 0.1) is 5.75 Å². The number of aromatic nitrogens is 3. The molecule has 0 unspecified atom stereocenters. The van der Waals surface area contributed by atoms with Crippen molar-refractivity contribution >= 4 is 23.4 Å². The second-order valence-corrected chi connectivity index (χ2v) is 8.51. The van der Waals surface area contributed by atoms with Crippen molar-refractivity contribution in [1.29, 1.82) is 0 Å². The molecule has 0 radical (unpaired) electrons. The smallest absolute Gasteiger partial charge is 0.234 e. The van der Waals surface area contributed by atoms with E-state index in [9.17, 15) is 4.79 Å². The Morgan fingerprint density at radius 2 is 1.84 bits per heavy atom. The standard InChI is InChI=1S/C24H28N4O2S/c1-6-9-28-22(14-30-21-8-7-16(2)11-19(21)5)26-27-24(28)31-15-23(29)25-20-12-17(3)10-18(4)13-20/h6-8,10-13H,1,9,14-15H2,2-5H3,(H,25,29). The summed E-state index contributed by atoms with van der Waals surface area (Å²) in [5.74, 6) is 1.66. The van der Waals surface area contributed by atoms with Gasteiger partial charge in [-0.15, -0.1) is 16.8 Å². The zero-order chi connectivity index (χ0) is 22.4. The molecule has 6 nitrogen and oxygen atoms in total. The molecule has 0 atom stereocenters. The van der Waals surface area contributed by atoms with Crippen molar-refractivity contribution in [3.63, 3.8) is 0 Å². The van der Waals surface area contributed by atoms with E-state index in [1.54, 1.807) is 6.08 Å². The summed E-state index contributed by atoms with van der Waals surface area (Å²) in [5.41, 5.74) is 5.30. The number of carbonyl (C=O) groups excluding carboxylic acids is 1. The van der Waals surface area contributed by atoms with Gasteiger partial charge in [-0.1, -0.05) is 41.6 Å². The van der Waals surface area contributed by atoms with Crippen LogP contribution in [0.4, 0.5) is 5.69 Å². The Morgan fingerprint density at radius 1 is 1.10 bits per heavy atom. The fourth-order valence-corrected chi connectivity index (χ4v) is 4.09. The van der Waals surface area contributed by atoms with E-state index in [0.717, 1.165) is 28.1 Å². The third-order valence-electron chi connectivity index (χ3n) is 4.63. The van der Waals surface area contributed by atoms with Crippen LogP contribution in [0.15, 0.2) is 54.2 Å². The van der Waals surface area contributed by atoms with Gasteiger partial charge in [0.2, 0.25) is 5.91 Å². The van der Waals surface area contributed by atoms with Gasteiger partial charge >= 0.3 is 0 Å². The van der Waals surface area contributed by atoms with Crippen LogP contribution in [0.3, 0.4) is 0 Å². The summed E-state index contributed by atoms with van der Waals surface area (Å²) in [6.45, 7) is 12.7. The highest BCUT2D eigenvalue weighted by Crippen LogP contribution is 2.22. The van der Waals surface area contributed by atoms with E-state index in [2.05, 4.69) is 41.1 Å². The second-order valence-electron chi connectivity index (χ2n) is 7.57. The van der Waals surface area contributed by atoms with Crippen LogP contribution in [0.1, 0.15) is 28.1 Å². The van der Waals surface area contributed by atoms with Crippen LogP contribution in [0.25, 0.3) is 0 Å². The first kappa shape index (κ1) is 22.6. The Morgan fingerprint density at radius 3 is 2.52 bits per heavy atom. The highest BCUT2D eigenvalue weighted by Gasteiger charge is 2.15. The summed E-state index contributed by atoms with van der Waals surface area (Å²) in [6, 6.07) is 12.1. The van der Waals surface area contributed by atoms with Gasteiger partial charge < -0.3 is 10.1 Å². The monoisotopic (exact) mass is 436 g/mol. The van der Waals surface area contributed by atoms with Crippen LogP contribution in [0.2, 0.25) is 0 Å². The first-order valence-corrected chi connectivity index (χ1v) is 11.1. The fraction of sp³-hybridized carbons (Fsp3) is 0.292. The molecular weight excluding hydrogens is 408 g/mol. The van der Waals surface area contributed by atoms with Gasteiger partial charge in [0, 0.05) is 12.2 Å². The number of allylic oxidation sites excluding steroid dienone is 1. The predicted molar refractivity (Wildman–Crippen MR) is 126 cm³/mol. The number of nitrogens with zero attached hydrogens (tertiary/aromatic N) is 3. The normalized spacial score (nSPS) is 10.7. The maximum atomic E-state index is 12.4. The molecule has 0 aliphatic rings. The Kier molecular flexibility index (Phi) is 7.52. The molecular formula is C24H28N4O2S. The molecule has 3 aromatic rings. The van der Waals surface area contributed by atoms with Crippen molar-refractivity contribution in [2.75, 3.05) is 11.1 Å². The summed E-state index contributed by atoms with van der Waals surface area (Å²) >= 11 is 1.34. The minimum absolute atomic E-state index is 0.0868. The Balaban J connectivity index is 1.64. The van der Waals surface area contributed by atoms with Crippen molar-refractivity contribution in [2.45, 2.75) is 46.0 Å². The second kappa shape index (κ2) is 10.3. The molecule has 0 fully saturated rings. The maximum Gasteiger partial charge on any atom is 0.234 e. The average Bonchev–Trinajstić information content (AvgIpc) is 3.07. The number of hydrogen-bond donors (Lipinski definition) is 1.